The minimum atomic E-state index is -4.10. The summed E-state index contributed by atoms with van der Waals surface area (Å²) in [5.41, 5.74) is 2.03. The fraction of sp³-hybridized carbons (Fsp3) is 0.250. The van der Waals surface area contributed by atoms with Crippen molar-refractivity contribution in [2.24, 2.45) is 5.92 Å². The minimum Gasteiger partial charge on any atom is -0.497 e. The maximum absolute atomic E-state index is 13.5. The van der Waals surface area contributed by atoms with E-state index in [0.29, 0.717) is 33.9 Å². The number of aromatic nitrogens is 2. The Morgan fingerprint density at radius 2 is 1.51 bits per heavy atom. The Labute approximate surface area is 227 Å². The summed E-state index contributed by atoms with van der Waals surface area (Å²) in [7, 11) is -1.03. The maximum Gasteiger partial charge on any atom is 0.263 e. The molecule has 1 amide bonds. The Morgan fingerprint density at radius 1 is 0.872 bits per heavy atom. The molecule has 1 aromatic heterocycles. The summed E-state index contributed by atoms with van der Waals surface area (Å²) < 4.78 is 40.2. The quantitative estimate of drug-likeness (QED) is 0.221. The van der Waals surface area contributed by atoms with E-state index in [9.17, 15) is 13.2 Å². The number of nitrogens with zero attached hydrogens (tertiary/aromatic N) is 2. The smallest absolute Gasteiger partial charge is 0.263 e. The third kappa shape index (κ3) is 6.74. The van der Waals surface area contributed by atoms with Gasteiger partial charge in [-0.2, -0.15) is 0 Å². The third-order valence-electron chi connectivity index (χ3n) is 6.00. The summed E-state index contributed by atoms with van der Waals surface area (Å²) in [6.45, 7) is 3.85. The number of hydrogen-bond donors (Lipinski definition) is 3. The van der Waals surface area contributed by atoms with Gasteiger partial charge in [0.15, 0.2) is 11.6 Å². The zero-order chi connectivity index (χ0) is 28.0. The average Bonchev–Trinajstić information content (AvgIpc) is 2.93. The van der Waals surface area contributed by atoms with Crippen LogP contribution in [0.25, 0.3) is 11.0 Å². The molecular weight excluding hydrogens is 518 g/mol. The molecule has 4 rings (SSSR count). The Bertz CT molecular complexity index is 1570. The number of carbonyl (C=O) groups excluding carboxylic acids is 1. The number of methoxy groups -OCH3 is 2. The van der Waals surface area contributed by atoms with Crippen LogP contribution in [0.5, 0.6) is 11.5 Å². The zero-order valence-electron chi connectivity index (χ0n) is 22.2. The lowest BCUT2D eigenvalue weighted by Crippen LogP contribution is -2.21. The predicted octanol–water partition coefficient (Wildman–Crippen LogP) is 5.57. The van der Waals surface area contributed by atoms with Gasteiger partial charge in [0.1, 0.15) is 11.5 Å². The Morgan fingerprint density at radius 3 is 2.13 bits per heavy atom. The molecule has 0 bridgehead atoms. The number of sulfonamides is 1. The number of ether oxygens (including phenoxy) is 2. The minimum absolute atomic E-state index is 0.00138. The van der Waals surface area contributed by atoms with E-state index in [1.807, 2.05) is 19.9 Å². The number of amides is 1. The topological polar surface area (TPSA) is 132 Å². The fourth-order valence-electron chi connectivity index (χ4n) is 3.93. The van der Waals surface area contributed by atoms with Crippen molar-refractivity contribution in [3.63, 3.8) is 0 Å². The average molecular weight is 550 g/mol. The third-order valence-corrected chi connectivity index (χ3v) is 7.33. The first-order valence-corrected chi connectivity index (χ1v) is 13.9. The Kier molecular flexibility index (Phi) is 8.50. The monoisotopic (exact) mass is 549 g/mol. The summed E-state index contributed by atoms with van der Waals surface area (Å²) in [5, 5.41) is 5.93. The van der Waals surface area contributed by atoms with Crippen molar-refractivity contribution in [3.05, 3.63) is 66.7 Å². The van der Waals surface area contributed by atoms with E-state index >= 15 is 0 Å². The molecule has 0 spiro atoms. The van der Waals surface area contributed by atoms with Crippen molar-refractivity contribution in [2.45, 2.75) is 31.6 Å². The van der Waals surface area contributed by atoms with Crippen LogP contribution in [0.15, 0.2) is 71.6 Å². The van der Waals surface area contributed by atoms with Gasteiger partial charge in [0, 0.05) is 35.5 Å². The standard InChI is InChI=1S/C28H31N5O5S/c1-5-9-18(2)28(34)30-19-10-8-11-23(16-19)39(35,36)33-27-26(31-24-12-6-7-13-25(24)32-27)29-20-14-21(37-3)17-22(15-20)38-4/h6-8,10-18H,5,9H2,1-4H3,(H,29,31)(H,30,34)(H,32,33). The van der Waals surface area contributed by atoms with Crippen molar-refractivity contribution in [1.29, 1.82) is 0 Å². The SMILES string of the molecule is CCCC(C)C(=O)Nc1cccc(S(=O)(=O)Nc2nc3ccccc3nc2Nc2cc(OC)cc(OC)c2)c1. The van der Waals surface area contributed by atoms with Crippen LogP contribution in [0.4, 0.5) is 23.0 Å². The lowest BCUT2D eigenvalue weighted by atomic mass is 10.1. The van der Waals surface area contributed by atoms with Crippen molar-refractivity contribution < 1.29 is 22.7 Å². The van der Waals surface area contributed by atoms with Crippen molar-refractivity contribution >= 4 is 50.0 Å². The molecule has 39 heavy (non-hydrogen) atoms. The number of anilines is 4. The molecule has 1 heterocycles. The molecule has 0 saturated carbocycles. The maximum atomic E-state index is 13.5. The van der Waals surface area contributed by atoms with E-state index in [2.05, 4.69) is 25.3 Å². The van der Waals surface area contributed by atoms with Gasteiger partial charge in [-0.1, -0.05) is 38.5 Å². The number of rotatable bonds is 11. The van der Waals surface area contributed by atoms with Gasteiger partial charge in [-0.05, 0) is 36.8 Å². The Balaban J connectivity index is 1.68. The number of nitrogens with one attached hydrogen (secondary N) is 3. The van der Waals surface area contributed by atoms with E-state index in [0.717, 1.165) is 12.8 Å². The van der Waals surface area contributed by atoms with Crippen LogP contribution >= 0.6 is 0 Å². The van der Waals surface area contributed by atoms with Crippen LogP contribution in [0.2, 0.25) is 0 Å². The van der Waals surface area contributed by atoms with Crippen molar-refractivity contribution in [3.8, 4) is 11.5 Å². The van der Waals surface area contributed by atoms with Gasteiger partial charge >= 0.3 is 0 Å². The second kappa shape index (κ2) is 12.0. The number of hydrogen-bond acceptors (Lipinski definition) is 8. The number of fused-ring (bicyclic) bond motifs is 1. The summed E-state index contributed by atoms with van der Waals surface area (Å²) in [5.74, 6) is 0.914. The second-order valence-electron chi connectivity index (χ2n) is 8.95. The van der Waals surface area contributed by atoms with Crippen LogP contribution in [-0.4, -0.2) is 38.5 Å². The summed E-state index contributed by atoms with van der Waals surface area (Å²) in [6, 6.07) is 18.4. The largest absolute Gasteiger partial charge is 0.497 e. The lowest BCUT2D eigenvalue weighted by Gasteiger charge is -2.16. The molecule has 0 radical (unpaired) electrons. The summed E-state index contributed by atoms with van der Waals surface area (Å²) in [4.78, 5) is 21.6. The molecule has 1 unspecified atom stereocenters. The van der Waals surface area contributed by atoms with Gasteiger partial charge in [0.2, 0.25) is 5.91 Å². The van der Waals surface area contributed by atoms with Crippen LogP contribution in [-0.2, 0) is 14.8 Å². The summed E-state index contributed by atoms with van der Waals surface area (Å²) in [6.07, 6.45) is 1.61. The highest BCUT2D eigenvalue weighted by Crippen LogP contribution is 2.31. The van der Waals surface area contributed by atoms with E-state index in [-0.39, 0.29) is 28.4 Å². The zero-order valence-corrected chi connectivity index (χ0v) is 23.0. The molecule has 0 fully saturated rings. The van der Waals surface area contributed by atoms with Crippen LogP contribution in [0.3, 0.4) is 0 Å². The van der Waals surface area contributed by atoms with Gasteiger partial charge < -0.3 is 20.1 Å². The molecule has 204 valence electrons. The highest BCUT2D eigenvalue weighted by molar-refractivity contribution is 7.92. The molecule has 1 atom stereocenters. The molecule has 3 aromatic carbocycles. The van der Waals surface area contributed by atoms with E-state index in [1.54, 1.807) is 48.5 Å². The van der Waals surface area contributed by atoms with Gasteiger partial charge in [-0.25, -0.2) is 18.4 Å². The first-order valence-electron chi connectivity index (χ1n) is 12.4. The molecule has 0 aliphatic heterocycles. The number of benzene rings is 3. The highest BCUT2D eigenvalue weighted by Gasteiger charge is 2.21. The Hall–Kier alpha value is -4.38. The van der Waals surface area contributed by atoms with Gasteiger partial charge in [0.05, 0.1) is 30.1 Å². The second-order valence-corrected chi connectivity index (χ2v) is 10.6. The van der Waals surface area contributed by atoms with Crippen LogP contribution in [0.1, 0.15) is 26.7 Å². The van der Waals surface area contributed by atoms with Gasteiger partial charge in [0.25, 0.3) is 10.0 Å². The van der Waals surface area contributed by atoms with Gasteiger partial charge in [-0.3, -0.25) is 9.52 Å². The molecule has 3 N–H and O–H groups in total. The highest BCUT2D eigenvalue weighted by atomic mass is 32.2. The molecule has 0 aliphatic carbocycles. The van der Waals surface area contributed by atoms with Crippen LogP contribution in [0, 0.1) is 5.92 Å². The fourth-order valence-corrected chi connectivity index (χ4v) is 4.99. The van der Waals surface area contributed by atoms with Gasteiger partial charge in [-0.15, -0.1) is 0 Å². The molecule has 0 aliphatic rings. The van der Waals surface area contributed by atoms with E-state index in [1.165, 1.54) is 26.4 Å². The first-order chi connectivity index (χ1) is 18.7. The van der Waals surface area contributed by atoms with E-state index < -0.39 is 10.0 Å². The van der Waals surface area contributed by atoms with Crippen LogP contribution < -0.4 is 24.8 Å². The molecule has 11 heteroatoms. The molecule has 10 nitrogen and oxygen atoms in total. The van der Waals surface area contributed by atoms with Crippen molar-refractivity contribution in [2.75, 3.05) is 29.6 Å². The lowest BCUT2D eigenvalue weighted by molar-refractivity contribution is -0.119. The number of carbonyl (C=O) groups is 1. The van der Waals surface area contributed by atoms with E-state index in [4.69, 9.17) is 9.47 Å². The summed E-state index contributed by atoms with van der Waals surface area (Å²) >= 11 is 0. The molecular formula is C28H31N5O5S. The molecule has 0 saturated heterocycles. The molecule has 4 aromatic rings. The predicted molar refractivity (Wildman–Crippen MR) is 152 cm³/mol. The van der Waals surface area contributed by atoms with Crippen molar-refractivity contribution in [1.82, 2.24) is 9.97 Å². The first kappa shape index (κ1) is 27.6. The number of para-hydroxylation sites is 2. The normalized spacial score (nSPS) is 12.0.